The van der Waals surface area contributed by atoms with Gasteiger partial charge in [-0.15, -0.1) is 10.2 Å². The van der Waals surface area contributed by atoms with Crippen LogP contribution in [-0.4, -0.2) is 33.5 Å². The van der Waals surface area contributed by atoms with Crippen molar-refractivity contribution in [3.05, 3.63) is 36.2 Å². The minimum atomic E-state index is -0.0875. The molecule has 1 aliphatic heterocycles. The summed E-state index contributed by atoms with van der Waals surface area (Å²) < 4.78 is 5.58. The molecule has 0 unspecified atom stereocenters. The number of carbonyl (C=O) groups excluding carboxylic acids is 2. The van der Waals surface area contributed by atoms with Gasteiger partial charge in [0, 0.05) is 31.4 Å². The molecule has 108 valence electrons. The Labute approximate surface area is 121 Å². The van der Waals surface area contributed by atoms with Crippen LogP contribution in [0.1, 0.15) is 25.2 Å². The summed E-state index contributed by atoms with van der Waals surface area (Å²) in [6.07, 6.45) is 1.85. The number of aryl methyl sites for hydroxylation is 1. The third-order valence-corrected chi connectivity index (χ3v) is 3.41. The summed E-state index contributed by atoms with van der Waals surface area (Å²) in [5.74, 6) is 0.831. The topological polar surface area (TPSA) is 76.3 Å². The Morgan fingerprint density at radius 2 is 1.76 bits per heavy atom. The Bertz CT molecular complexity index is 635. The van der Waals surface area contributed by atoms with Gasteiger partial charge in [-0.1, -0.05) is 18.2 Å². The molecule has 0 aliphatic carbocycles. The largest absolute Gasteiger partial charge is 0.421 e. The van der Waals surface area contributed by atoms with E-state index in [9.17, 15) is 9.59 Å². The molecular formula is C15H15N3O3. The van der Waals surface area contributed by atoms with E-state index < -0.39 is 0 Å². The van der Waals surface area contributed by atoms with Crippen LogP contribution in [-0.2, 0) is 16.0 Å². The fourth-order valence-corrected chi connectivity index (χ4v) is 2.31. The average Bonchev–Trinajstić information content (AvgIpc) is 3.10. The Balaban J connectivity index is 1.56. The Kier molecular flexibility index (Phi) is 3.77. The van der Waals surface area contributed by atoms with E-state index in [1.165, 1.54) is 4.90 Å². The van der Waals surface area contributed by atoms with E-state index in [-0.39, 0.29) is 11.8 Å². The van der Waals surface area contributed by atoms with E-state index in [2.05, 4.69) is 10.2 Å². The Morgan fingerprint density at radius 1 is 1.05 bits per heavy atom. The normalized spacial score (nSPS) is 15.0. The van der Waals surface area contributed by atoms with Gasteiger partial charge in [0.2, 0.25) is 23.6 Å². The monoisotopic (exact) mass is 285 g/mol. The zero-order valence-corrected chi connectivity index (χ0v) is 11.5. The average molecular weight is 285 g/mol. The molecule has 1 fully saturated rings. The first kappa shape index (κ1) is 13.5. The Morgan fingerprint density at radius 3 is 2.48 bits per heavy atom. The smallest absolute Gasteiger partial charge is 0.247 e. The molecule has 2 aromatic rings. The second-order valence-corrected chi connectivity index (χ2v) is 4.91. The molecule has 0 saturated carbocycles. The molecule has 2 amide bonds. The van der Waals surface area contributed by atoms with Crippen LogP contribution in [0.15, 0.2) is 34.7 Å². The molecule has 6 nitrogen and oxygen atoms in total. The third kappa shape index (κ3) is 2.99. The maximum Gasteiger partial charge on any atom is 0.247 e. The second kappa shape index (κ2) is 5.87. The highest BCUT2D eigenvalue weighted by Gasteiger charge is 2.28. The standard InChI is InChI=1S/C15H15N3O3/c19-13-8-9-14(20)18(13)10-4-7-12-16-17-15(21-12)11-5-2-1-3-6-11/h1-3,5-6H,4,7-10H2. The second-order valence-electron chi connectivity index (χ2n) is 4.91. The minimum Gasteiger partial charge on any atom is -0.421 e. The first-order chi connectivity index (χ1) is 10.2. The van der Waals surface area contributed by atoms with Crippen LogP contribution in [0.4, 0.5) is 0 Å². The summed E-state index contributed by atoms with van der Waals surface area (Å²) in [6.45, 7) is 0.417. The zero-order chi connectivity index (χ0) is 14.7. The molecule has 0 bridgehead atoms. The van der Waals surface area contributed by atoms with Gasteiger partial charge in [-0.25, -0.2) is 0 Å². The fraction of sp³-hybridized carbons (Fsp3) is 0.333. The SMILES string of the molecule is O=C1CCC(=O)N1CCCc1nnc(-c2ccccc2)o1. The van der Waals surface area contributed by atoms with Crippen molar-refractivity contribution in [3.63, 3.8) is 0 Å². The molecule has 6 heteroatoms. The van der Waals surface area contributed by atoms with Crippen molar-refractivity contribution in [1.29, 1.82) is 0 Å². The van der Waals surface area contributed by atoms with Gasteiger partial charge in [0.1, 0.15) is 0 Å². The van der Waals surface area contributed by atoms with Gasteiger partial charge in [-0.3, -0.25) is 14.5 Å². The van der Waals surface area contributed by atoms with Crippen LogP contribution in [0, 0.1) is 0 Å². The molecule has 1 aromatic heterocycles. The number of hydrogen-bond acceptors (Lipinski definition) is 5. The fourth-order valence-electron chi connectivity index (χ4n) is 2.31. The number of benzene rings is 1. The highest BCUT2D eigenvalue weighted by Crippen LogP contribution is 2.18. The van der Waals surface area contributed by atoms with E-state index in [0.29, 0.717) is 44.0 Å². The molecule has 21 heavy (non-hydrogen) atoms. The molecule has 0 atom stereocenters. The van der Waals surface area contributed by atoms with Crippen molar-refractivity contribution in [2.24, 2.45) is 0 Å². The van der Waals surface area contributed by atoms with Gasteiger partial charge in [0.05, 0.1) is 0 Å². The molecule has 0 spiro atoms. The van der Waals surface area contributed by atoms with Gasteiger partial charge in [0.25, 0.3) is 0 Å². The number of aromatic nitrogens is 2. The summed E-state index contributed by atoms with van der Waals surface area (Å²) in [5, 5.41) is 7.99. The van der Waals surface area contributed by atoms with Gasteiger partial charge in [0.15, 0.2) is 0 Å². The maximum atomic E-state index is 11.5. The van der Waals surface area contributed by atoms with E-state index >= 15 is 0 Å². The first-order valence-electron chi connectivity index (χ1n) is 6.95. The lowest BCUT2D eigenvalue weighted by atomic mass is 10.2. The van der Waals surface area contributed by atoms with Crippen molar-refractivity contribution in [2.75, 3.05) is 6.54 Å². The van der Waals surface area contributed by atoms with Crippen LogP contribution in [0.25, 0.3) is 11.5 Å². The summed E-state index contributed by atoms with van der Waals surface area (Å²) in [7, 11) is 0. The first-order valence-corrected chi connectivity index (χ1v) is 6.95. The van der Waals surface area contributed by atoms with Crippen molar-refractivity contribution in [3.8, 4) is 11.5 Å². The van der Waals surface area contributed by atoms with Crippen molar-refractivity contribution in [1.82, 2.24) is 15.1 Å². The summed E-state index contributed by atoms with van der Waals surface area (Å²) in [4.78, 5) is 24.3. The number of hydrogen-bond donors (Lipinski definition) is 0. The van der Waals surface area contributed by atoms with E-state index in [4.69, 9.17) is 4.42 Å². The molecule has 2 heterocycles. The summed E-state index contributed by atoms with van der Waals surface area (Å²) in [6, 6.07) is 9.54. The predicted molar refractivity (Wildman–Crippen MR) is 74.0 cm³/mol. The molecule has 0 radical (unpaired) electrons. The molecule has 1 aromatic carbocycles. The third-order valence-electron chi connectivity index (χ3n) is 3.41. The van der Waals surface area contributed by atoms with Crippen LogP contribution >= 0.6 is 0 Å². The van der Waals surface area contributed by atoms with Crippen molar-refractivity contribution < 1.29 is 14.0 Å². The summed E-state index contributed by atoms with van der Waals surface area (Å²) >= 11 is 0. The van der Waals surface area contributed by atoms with Gasteiger partial charge in [-0.05, 0) is 18.6 Å². The molecular weight excluding hydrogens is 270 g/mol. The predicted octanol–water partition coefficient (Wildman–Crippen LogP) is 1.82. The van der Waals surface area contributed by atoms with E-state index in [1.807, 2.05) is 30.3 Å². The number of nitrogens with zero attached hydrogens (tertiary/aromatic N) is 3. The van der Waals surface area contributed by atoms with Crippen LogP contribution in [0.5, 0.6) is 0 Å². The molecule has 3 rings (SSSR count). The molecule has 1 saturated heterocycles. The number of likely N-dealkylation sites (tertiary alicyclic amines) is 1. The number of rotatable bonds is 5. The lowest BCUT2D eigenvalue weighted by Crippen LogP contribution is -2.30. The van der Waals surface area contributed by atoms with E-state index in [0.717, 1.165) is 5.56 Å². The molecule has 0 N–H and O–H groups in total. The van der Waals surface area contributed by atoms with Crippen LogP contribution in [0.2, 0.25) is 0 Å². The molecule has 1 aliphatic rings. The quantitative estimate of drug-likeness (QED) is 0.783. The van der Waals surface area contributed by atoms with Gasteiger partial charge < -0.3 is 4.42 Å². The highest BCUT2D eigenvalue weighted by molar-refractivity contribution is 6.01. The van der Waals surface area contributed by atoms with E-state index in [1.54, 1.807) is 0 Å². The van der Waals surface area contributed by atoms with Gasteiger partial charge >= 0.3 is 0 Å². The lowest BCUT2D eigenvalue weighted by Gasteiger charge is -2.12. The zero-order valence-electron chi connectivity index (χ0n) is 11.5. The number of imide groups is 1. The van der Waals surface area contributed by atoms with Crippen molar-refractivity contribution in [2.45, 2.75) is 25.7 Å². The van der Waals surface area contributed by atoms with Gasteiger partial charge in [-0.2, -0.15) is 0 Å². The maximum absolute atomic E-state index is 11.5. The van der Waals surface area contributed by atoms with Crippen molar-refractivity contribution >= 4 is 11.8 Å². The number of carbonyl (C=O) groups is 2. The minimum absolute atomic E-state index is 0.0875. The lowest BCUT2D eigenvalue weighted by molar-refractivity contribution is -0.138. The van der Waals surface area contributed by atoms with Crippen LogP contribution in [0.3, 0.4) is 0 Å². The highest BCUT2D eigenvalue weighted by atomic mass is 16.4. The number of amides is 2. The summed E-state index contributed by atoms with van der Waals surface area (Å²) in [5.41, 5.74) is 0.876. The Hall–Kier alpha value is -2.50. The van der Waals surface area contributed by atoms with Crippen LogP contribution < -0.4 is 0 Å².